The van der Waals surface area contributed by atoms with Gasteiger partial charge in [0, 0.05) is 25.2 Å². The number of rotatable bonds is 4. The maximum absolute atomic E-state index is 13.6. The molecule has 1 amide bonds. The molecule has 4 heterocycles. The van der Waals surface area contributed by atoms with Crippen LogP contribution in [0.5, 0.6) is 0 Å². The number of piperazine rings is 1. The molecule has 1 fully saturated rings. The molecule has 3 aromatic rings. The Hall–Kier alpha value is -3.24. The number of carbonyl (C=O) groups is 1. The lowest BCUT2D eigenvalue weighted by atomic mass is 10.1. The number of carbonyl (C=O) groups excluding carboxylic acids is 1. The first-order chi connectivity index (χ1) is 16.5. The van der Waals surface area contributed by atoms with Crippen LogP contribution in [0.25, 0.3) is 16.7 Å². The van der Waals surface area contributed by atoms with Crippen LogP contribution in [0.3, 0.4) is 0 Å². The second-order valence-corrected chi connectivity index (χ2v) is 9.64. The monoisotopic (exact) mass is 516 g/mol. The summed E-state index contributed by atoms with van der Waals surface area (Å²) in [5, 5.41) is 0.253. The fourth-order valence-corrected chi connectivity index (χ4v) is 4.69. The highest BCUT2D eigenvalue weighted by molar-refractivity contribution is 6.41. The fourth-order valence-electron chi connectivity index (χ4n) is 4.41. The number of hydrogen-bond acceptors (Lipinski definition) is 8. The van der Waals surface area contributed by atoms with Gasteiger partial charge in [-0.1, -0.05) is 43.6 Å². The van der Waals surface area contributed by atoms with Crippen LogP contribution in [-0.2, 0) is 4.79 Å². The first-order valence-corrected chi connectivity index (χ1v) is 11.9. The Balaban J connectivity index is 1.98. The van der Waals surface area contributed by atoms with Crippen LogP contribution in [0.15, 0.2) is 29.8 Å². The third-order valence-corrected chi connectivity index (χ3v) is 6.80. The fraction of sp³-hybridized carbons (Fsp3) is 0.391. The quantitative estimate of drug-likeness (QED) is 0.414. The van der Waals surface area contributed by atoms with Crippen LogP contribution in [0.2, 0.25) is 10.2 Å². The average molecular weight is 517 g/mol. The number of nitrogen functional groups attached to an aromatic ring is 1. The number of aromatic nitrogens is 5. The third-order valence-electron chi connectivity index (χ3n) is 6.12. The topological polar surface area (TPSA) is 123 Å². The molecule has 2 N–H and O–H groups in total. The van der Waals surface area contributed by atoms with Crippen LogP contribution < -0.4 is 16.3 Å². The van der Waals surface area contributed by atoms with Crippen molar-refractivity contribution in [2.75, 3.05) is 23.7 Å². The third kappa shape index (κ3) is 4.32. The second-order valence-electron chi connectivity index (χ2n) is 8.87. The zero-order valence-corrected chi connectivity index (χ0v) is 21.4. The highest BCUT2D eigenvalue weighted by Gasteiger charge is 2.34. The summed E-state index contributed by atoms with van der Waals surface area (Å²) in [6, 6.07) is 1.26. The van der Waals surface area contributed by atoms with Crippen molar-refractivity contribution in [1.29, 1.82) is 0 Å². The first-order valence-electron chi connectivity index (χ1n) is 11.1. The molecule has 0 saturated carbocycles. The summed E-state index contributed by atoms with van der Waals surface area (Å²) >= 11 is 12.6. The zero-order valence-electron chi connectivity index (χ0n) is 19.9. The van der Waals surface area contributed by atoms with Gasteiger partial charge in [-0.25, -0.2) is 19.7 Å². The molecule has 35 heavy (non-hydrogen) atoms. The highest BCUT2D eigenvalue weighted by atomic mass is 35.5. The number of anilines is 2. The molecular formula is C23H26Cl2N8O2. The van der Waals surface area contributed by atoms with Crippen molar-refractivity contribution >= 4 is 51.8 Å². The molecule has 12 heteroatoms. The predicted molar refractivity (Wildman–Crippen MR) is 137 cm³/mol. The summed E-state index contributed by atoms with van der Waals surface area (Å²) in [7, 11) is 0. The molecule has 1 aliphatic rings. The Labute approximate surface area is 212 Å². The van der Waals surface area contributed by atoms with E-state index in [9.17, 15) is 9.59 Å². The van der Waals surface area contributed by atoms with Gasteiger partial charge in [0.15, 0.2) is 11.6 Å². The van der Waals surface area contributed by atoms with E-state index in [4.69, 9.17) is 28.9 Å². The van der Waals surface area contributed by atoms with Gasteiger partial charge in [0.05, 0.1) is 16.2 Å². The minimum absolute atomic E-state index is 0.0518. The Bertz CT molecular complexity index is 1390. The zero-order chi connectivity index (χ0) is 25.6. The van der Waals surface area contributed by atoms with Gasteiger partial charge in [-0.15, -0.1) is 0 Å². The number of nitrogens with zero attached hydrogens (tertiary/aromatic N) is 7. The van der Waals surface area contributed by atoms with Crippen molar-refractivity contribution in [1.82, 2.24) is 29.4 Å². The van der Waals surface area contributed by atoms with Gasteiger partial charge >= 0.3 is 5.69 Å². The van der Waals surface area contributed by atoms with Crippen molar-refractivity contribution in [2.45, 2.75) is 45.7 Å². The summed E-state index contributed by atoms with van der Waals surface area (Å²) in [4.78, 5) is 46.9. The predicted octanol–water partition coefficient (Wildman–Crippen LogP) is 3.19. The summed E-state index contributed by atoms with van der Waals surface area (Å²) in [6.45, 7) is 12.2. The van der Waals surface area contributed by atoms with E-state index >= 15 is 0 Å². The number of halogens is 2. The van der Waals surface area contributed by atoms with Crippen LogP contribution in [0, 0.1) is 0 Å². The molecule has 1 saturated heterocycles. The molecule has 4 rings (SSSR count). The van der Waals surface area contributed by atoms with Crippen LogP contribution in [0.1, 0.15) is 39.3 Å². The van der Waals surface area contributed by atoms with Crippen LogP contribution in [-0.4, -0.2) is 60.5 Å². The van der Waals surface area contributed by atoms with Gasteiger partial charge in [0.25, 0.3) is 0 Å². The lowest BCUT2D eigenvalue weighted by Crippen LogP contribution is -2.58. The van der Waals surface area contributed by atoms with E-state index in [2.05, 4.69) is 26.5 Å². The minimum atomic E-state index is -0.583. The standard InChI is InChI=1S/C23H26Cl2N8O2/c1-6-16(34)31-8-13(5)32(9-12(31)4)22-18-15(7-14(24)20(25)29-18)33(23(35)30-22)19-17(11(2)3)27-10-28-21(19)26/h6-7,10-13H,1,8-9H2,2-5H3,(H2,26,27,28)/t12-,13+/m1/s1. The molecule has 10 nitrogen and oxygen atoms in total. The van der Waals surface area contributed by atoms with Gasteiger partial charge in [0.1, 0.15) is 22.7 Å². The second kappa shape index (κ2) is 9.43. The SMILES string of the molecule is C=CC(=O)N1C[C@H](C)N(c2nc(=O)n(-c3c(N)ncnc3C(C)C)c3cc(Cl)c(Cl)nc23)C[C@H]1C. The largest absolute Gasteiger partial charge is 0.382 e. The Morgan fingerprint density at radius 1 is 1.20 bits per heavy atom. The summed E-state index contributed by atoms with van der Waals surface area (Å²) in [5.74, 6) is 0.285. The van der Waals surface area contributed by atoms with Gasteiger partial charge in [-0.2, -0.15) is 4.98 Å². The van der Waals surface area contributed by atoms with Crippen molar-refractivity contribution < 1.29 is 4.79 Å². The van der Waals surface area contributed by atoms with Gasteiger partial charge in [-0.3, -0.25) is 9.36 Å². The number of pyridine rings is 1. The van der Waals surface area contributed by atoms with Crippen molar-refractivity contribution in [3.05, 3.63) is 51.4 Å². The number of nitrogens with two attached hydrogens (primary N) is 1. The van der Waals surface area contributed by atoms with Crippen LogP contribution in [0.4, 0.5) is 11.6 Å². The molecule has 0 radical (unpaired) electrons. The van der Waals surface area contributed by atoms with Crippen molar-refractivity contribution in [2.24, 2.45) is 0 Å². The van der Waals surface area contributed by atoms with E-state index in [0.29, 0.717) is 41.3 Å². The molecule has 0 bridgehead atoms. The molecule has 184 valence electrons. The van der Waals surface area contributed by atoms with E-state index in [1.807, 2.05) is 32.6 Å². The summed E-state index contributed by atoms with van der Waals surface area (Å²) in [6.07, 6.45) is 2.66. The number of amides is 1. The lowest BCUT2D eigenvalue weighted by molar-refractivity contribution is -0.128. The minimum Gasteiger partial charge on any atom is -0.382 e. The van der Waals surface area contributed by atoms with Crippen molar-refractivity contribution in [3.63, 3.8) is 0 Å². The molecule has 0 spiro atoms. The average Bonchev–Trinajstić information content (AvgIpc) is 2.81. The maximum atomic E-state index is 13.6. The molecular weight excluding hydrogens is 491 g/mol. The van der Waals surface area contributed by atoms with Crippen LogP contribution >= 0.6 is 23.2 Å². The van der Waals surface area contributed by atoms with E-state index in [1.165, 1.54) is 17.0 Å². The van der Waals surface area contributed by atoms with E-state index in [1.54, 1.807) is 11.0 Å². The van der Waals surface area contributed by atoms with Crippen molar-refractivity contribution in [3.8, 4) is 5.69 Å². The number of fused-ring (bicyclic) bond motifs is 1. The smallest absolute Gasteiger partial charge is 0.354 e. The Morgan fingerprint density at radius 2 is 1.91 bits per heavy atom. The summed E-state index contributed by atoms with van der Waals surface area (Å²) < 4.78 is 1.34. The summed E-state index contributed by atoms with van der Waals surface area (Å²) in [5.41, 5.74) is 7.31. The van der Waals surface area contributed by atoms with E-state index in [0.717, 1.165) is 0 Å². The molecule has 3 aromatic heterocycles. The van der Waals surface area contributed by atoms with E-state index in [-0.39, 0.29) is 39.9 Å². The Kier molecular flexibility index (Phi) is 6.70. The van der Waals surface area contributed by atoms with E-state index < -0.39 is 5.69 Å². The van der Waals surface area contributed by atoms with Gasteiger partial charge < -0.3 is 15.5 Å². The highest BCUT2D eigenvalue weighted by Crippen LogP contribution is 2.34. The molecule has 0 aliphatic carbocycles. The molecule has 1 aliphatic heterocycles. The van der Waals surface area contributed by atoms with Gasteiger partial charge in [0.2, 0.25) is 5.91 Å². The number of hydrogen-bond donors (Lipinski definition) is 1. The maximum Gasteiger partial charge on any atom is 0.354 e. The van der Waals surface area contributed by atoms with Gasteiger partial charge in [-0.05, 0) is 31.9 Å². The molecule has 0 unspecified atom stereocenters. The Morgan fingerprint density at radius 3 is 2.57 bits per heavy atom. The lowest BCUT2D eigenvalue weighted by Gasteiger charge is -2.44. The molecule has 2 atom stereocenters. The normalized spacial score (nSPS) is 18.4. The molecule has 0 aromatic carbocycles. The first kappa shape index (κ1) is 24.9.